The molecule has 3 aromatic heterocycles. The number of aromatic nitrogens is 6. The molecule has 2 fully saturated rings. The number of carbonyl (C=O) groups is 1. The fourth-order valence-electron chi connectivity index (χ4n) is 6.35. The van der Waals surface area contributed by atoms with Gasteiger partial charge in [-0.15, -0.1) is 9.42 Å². The topological polar surface area (TPSA) is 291 Å². The van der Waals surface area contributed by atoms with Crippen LogP contribution in [0.3, 0.4) is 0 Å². The molecule has 2 aliphatic rings. The molecule has 5 N–H and O–H groups in total. The molecule has 4 heterocycles. The first kappa shape index (κ1) is 46.4. The van der Waals surface area contributed by atoms with E-state index in [1.807, 2.05) is 46.0 Å². The molecule has 320 valence electrons. The first-order valence-electron chi connectivity index (χ1n) is 18.7. The molecule has 1 amide bonds. The highest BCUT2D eigenvalue weighted by molar-refractivity contribution is 8.07. The van der Waals surface area contributed by atoms with Gasteiger partial charge in [0.2, 0.25) is 17.6 Å². The second-order valence-electron chi connectivity index (χ2n) is 15.9. The van der Waals surface area contributed by atoms with Crippen LogP contribution in [0.25, 0.3) is 11.2 Å². The molecule has 0 radical (unpaired) electrons. The number of imidazole rings is 1. The quantitative estimate of drug-likeness (QED) is 0.0687. The summed E-state index contributed by atoms with van der Waals surface area (Å²) >= 11 is 6.11. The monoisotopic (exact) mass is 895 g/mol. The minimum atomic E-state index is -4.09. The van der Waals surface area contributed by atoms with E-state index in [1.165, 1.54) is 23.4 Å². The van der Waals surface area contributed by atoms with Crippen molar-refractivity contribution in [3.8, 4) is 12.1 Å². The van der Waals surface area contributed by atoms with E-state index in [4.69, 9.17) is 39.1 Å². The van der Waals surface area contributed by atoms with Crippen molar-refractivity contribution in [2.45, 2.75) is 102 Å². The molecule has 3 unspecified atom stereocenters. The Hall–Kier alpha value is -3.67. The number of hydrogen-bond donors (Lipinski definition) is 5. The number of hydrogen-bond acceptors (Lipinski definition) is 18. The van der Waals surface area contributed by atoms with Crippen molar-refractivity contribution < 1.29 is 46.6 Å². The number of aliphatic hydroxyl groups is 1. The highest BCUT2D eigenvalue weighted by atomic mass is 32.5. The van der Waals surface area contributed by atoms with Gasteiger partial charge in [0.05, 0.1) is 51.4 Å². The van der Waals surface area contributed by atoms with E-state index in [2.05, 4.69) is 35.6 Å². The lowest BCUT2D eigenvalue weighted by molar-refractivity contribution is -0.118. The SMILES string of the molecule is CC(C)C(=O)Nc1nc2c(ncn2[C@@]2(OP(=S)(OCCC#N)OC[C@H]3C[C@@H](Nc4ncncc4C#N)C[C@@H]3O[P+](=O)O)CO[C@H](CO)C2O[Si](C)(C)C(C)(C)C)c(=O)[nH]1. The molecular weight excluding hydrogens is 847 g/mol. The summed E-state index contributed by atoms with van der Waals surface area (Å²) in [6.07, 6.45) is 1.37. The van der Waals surface area contributed by atoms with Gasteiger partial charge in [0.25, 0.3) is 5.56 Å². The second kappa shape index (κ2) is 18.9. The third-order valence-corrected chi connectivity index (χ3v) is 17.8. The van der Waals surface area contributed by atoms with Crippen LogP contribution >= 0.6 is 15.0 Å². The normalized spacial score (nSPS) is 24.7. The number of aromatic amines is 1. The summed E-state index contributed by atoms with van der Waals surface area (Å²) < 4.78 is 51.5. The van der Waals surface area contributed by atoms with Gasteiger partial charge in [-0.3, -0.25) is 29.0 Å². The van der Waals surface area contributed by atoms with E-state index in [0.717, 1.165) is 0 Å². The number of aliphatic hydroxyl groups excluding tert-OH is 1. The number of nitrogens with one attached hydrogen (secondary N) is 3. The highest BCUT2D eigenvalue weighted by Gasteiger charge is 2.60. The maximum atomic E-state index is 13.4. The van der Waals surface area contributed by atoms with Crippen molar-refractivity contribution in [1.82, 2.24) is 29.5 Å². The number of nitriles is 2. The summed E-state index contributed by atoms with van der Waals surface area (Å²) in [6.45, 7) is 8.00. The van der Waals surface area contributed by atoms with Gasteiger partial charge in [-0.05, 0) is 42.8 Å². The van der Waals surface area contributed by atoms with E-state index in [9.17, 15) is 34.7 Å². The van der Waals surface area contributed by atoms with E-state index < -0.39 is 83.3 Å². The minimum absolute atomic E-state index is 0.0521. The van der Waals surface area contributed by atoms with E-state index in [0.29, 0.717) is 6.42 Å². The van der Waals surface area contributed by atoms with Gasteiger partial charge in [0.15, 0.2) is 19.5 Å². The number of ether oxygens (including phenoxy) is 1. The predicted molar refractivity (Wildman–Crippen MR) is 218 cm³/mol. The van der Waals surface area contributed by atoms with Crippen LogP contribution in [0.5, 0.6) is 0 Å². The third kappa shape index (κ3) is 10.6. The van der Waals surface area contributed by atoms with Crippen LogP contribution in [0.15, 0.2) is 23.6 Å². The summed E-state index contributed by atoms with van der Waals surface area (Å²) in [6, 6.07) is 3.64. The van der Waals surface area contributed by atoms with E-state index in [1.54, 1.807) is 13.8 Å². The van der Waals surface area contributed by atoms with Crippen molar-refractivity contribution in [3.63, 3.8) is 0 Å². The number of amides is 1. The van der Waals surface area contributed by atoms with Gasteiger partial charge in [0, 0.05) is 22.4 Å². The standard InChI is InChI=1S/C34H48N10O11P2SSi/c1-20(2)30(46)42-32-41-29-26(31(47)43-32)39-19-44(29)34(17-50-25(15-45)27(34)54-59(6,7)33(3,4)5)55-57(58,51-10-8-9-35)52-16-21-11-23(12-24(21)53-56(48)49)40-28-22(13-36)14-37-18-38-28/h14,18-21,23-25,27,45H,8,10-12,15-17H2,1-7H3,(H3-,37,38,40,41,42,43,46,47,48,49)/p+1/t21-,23-,24+,25-,27?,34-,57?/m1/s1. The van der Waals surface area contributed by atoms with Crippen molar-refractivity contribution in [2.75, 3.05) is 37.1 Å². The van der Waals surface area contributed by atoms with Crippen molar-refractivity contribution >= 4 is 63.9 Å². The van der Waals surface area contributed by atoms with Crippen LogP contribution in [-0.4, -0.2) is 104 Å². The van der Waals surface area contributed by atoms with Crippen LogP contribution in [0.4, 0.5) is 11.8 Å². The summed E-state index contributed by atoms with van der Waals surface area (Å²) in [7, 11) is -5.81. The smallest absolute Gasteiger partial charge is 0.406 e. The van der Waals surface area contributed by atoms with Gasteiger partial charge in [-0.25, -0.2) is 15.0 Å². The maximum Gasteiger partial charge on any atom is 0.695 e. The van der Waals surface area contributed by atoms with E-state index in [-0.39, 0.29) is 66.2 Å². The number of rotatable bonds is 18. The van der Waals surface area contributed by atoms with Crippen molar-refractivity contribution in [3.05, 3.63) is 34.8 Å². The molecule has 21 nitrogen and oxygen atoms in total. The minimum Gasteiger partial charge on any atom is -0.406 e. The molecular formula is C34H49N10O11P2SSi+. The average molecular weight is 896 g/mol. The largest absolute Gasteiger partial charge is 0.695 e. The van der Waals surface area contributed by atoms with Crippen molar-refractivity contribution in [2.24, 2.45) is 11.8 Å². The number of nitrogens with zero attached hydrogens (tertiary/aromatic N) is 7. The maximum absolute atomic E-state index is 13.4. The molecule has 1 aliphatic carbocycles. The first-order valence-corrected chi connectivity index (χ1v) is 25.3. The molecule has 0 spiro atoms. The van der Waals surface area contributed by atoms with Crippen LogP contribution < -0.4 is 16.2 Å². The Balaban J connectivity index is 1.59. The molecule has 0 aromatic carbocycles. The highest BCUT2D eigenvalue weighted by Crippen LogP contribution is 2.58. The van der Waals surface area contributed by atoms with Crippen LogP contribution in [0.2, 0.25) is 18.1 Å². The lowest BCUT2D eigenvalue weighted by Gasteiger charge is -2.45. The Morgan fingerprint density at radius 1 is 1.27 bits per heavy atom. The molecule has 5 rings (SSSR count). The number of carbonyl (C=O) groups excluding carboxylic acids is 1. The number of fused-ring (bicyclic) bond motifs is 1. The van der Waals surface area contributed by atoms with Gasteiger partial charge >= 0.3 is 15.0 Å². The molecule has 1 aliphatic heterocycles. The Morgan fingerprint density at radius 3 is 2.66 bits per heavy atom. The van der Waals surface area contributed by atoms with Crippen LogP contribution in [0, 0.1) is 34.5 Å². The zero-order valence-corrected chi connectivity index (χ0v) is 37.3. The summed E-state index contributed by atoms with van der Waals surface area (Å²) in [5.41, 5.74) is -2.55. The fourth-order valence-corrected chi connectivity index (χ4v) is 10.5. The number of anilines is 2. The molecule has 1 saturated heterocycles. The molecule has 3 aromatic rings. The fraction of sp³-hybridized carbons (Fsp3) is 0.647. The Kier molecular flexibility index (Phi) is 14.9. The lowest BCUT2D eigenvalue weighted by atomic mass is 10.1. The van der Waals surface area contributed by atoms with Gasteiger partial charge in [0.1, 0.15) is 42.1 Å². The molecule has 0 bridgehead atoms. The summed E-state index contributed by atoms with van der Waals surface area (Å²) in [5, 5.41) is 35.1. The summed E-state index contributed by atoms with van der Waals surface area (Å²) in [4.78, 5) is 55.4. The zero-order valence-electron chi connectivity index (χ0n) is 33.6. The van der Waals surface area contributed by atoms with E-state index >= 15 is 0 Å². The van der Waals surface area contributed by atoms with Gasteiger partial charge in [-0.2, -0.15) is 15.5 Å². The Bertz CT molecular complexity index is 2210. The van der Waals surface area contributed by atoms with Gasteiger partial charge in [-0.1, -0.05) is 34.6 Å². The lowest BCUT2D eigenvalue weighted by Crippen LogP contribution is -2.56. The number of H-pyrrole nitrogens is 1. The zero-order chi connectivity index (χ0) is 43.3. The summed E-state index contributed by atoms with van der Waals surface area (Å²) in [5.74, 6) is -1.34. The Labute approximate surface area is 347 Å². The molecule has 59 heavy (non-hydrogen) atoms. The van der Waals surface area contributed by atoms with Crippen LogP contribution in [0.1, 0.15) is 59.4 Å². The van der Waals surface area contributed by atoms with Crippen molar-refractivity contribution in [1.29, 1.82) is 10.5 Å². The molecule has 8 atom stereocenters. The molecule has 25 heteroatoms. The average Bonchev–Trinajstić information content (AvgIpc) is 3.86. The second-order valence-corrected chi connectivity index (χ2v) is 24.3. The predicted octanol–water partition coefficient (Wildman–Crippen LogP) is 3.92. The Morgan fingerprint density at radius 2 is 2.02 bits per heavy atom. The van der Waals surface area contributed by atoms with Crippen LogP contribution in [-0.2, 0) is 54.1 Å². The molecule has 1 saturated carbocycles. The first-order chi connectivity index (χ1) is 27.8. The van der Waals surface area contributed by atoms with Gasteiger partial charge < -0.3 is 28.6 Å². The third-order valence-electron chi connectivity index (χ3n) is 10.5.